The van der Waals surface area contributed by atoms with Gasteiger partial charge in [-0.3, -0.25) is 4.79 Å². The molecule has 1 N–H and O–H groups in total. The first-order valence-electron chi connectivity index (χ1n) is 12.1. The molecule has 1 aromatic heterocycles. The molecule has 2 aliphatic heterocycles. The monoisotopic (exact) mass is 460 g/mol. The highest BCUT2D eigenvalue weighted by Crippen LogP contribution is 2.32. The van der Waals surface area contributed by atoms with Crippen molar-refractivity contribution < 1.29 is 19.3 Å². The highest BCUT2D eigenvalue weighted by molar-refractivity contribution is 5.80. The minimum absolute atomic E-state index is 0.126. The van der Waals surface area contributed by atoms with Gasteiger partial charge in [0.1, 0.15) is 0 Å². The van der Waals surface area contributed by atoms with E-state index in [1.54, 1.807) is 4.57 Å². The molecule has 0 radical (unpaired) electrons. The highest BCUT2D eigenvalue weighted by Gasteiger charge is 2.34. The lowest BCUT2D eigenvalue weighted by molar-refractivity contribution is -0.139. The molecule has 3 heterocycles. The Morgan fingerprint density at radius 2 is 2.09 bits per heavy atom. The van der Waals surface area contributed by atoms with Crippen LogP contribution in [-0.2, 0) is 16.0 Å². The number of ether oxygens (including phenoxy) is 3. The summed E-state index contributed by atoms with van der Waals surface area (Å²) >= 11 is 0. The summed E-state index contributed by atoms with van der Waals surface area (Å²) < 4.78 is 18.1. The molecule has 1 saturated heterocycles. The molecule has 3 atom stereocenters. The number of aromatic nitrogens is 2. The maximum absolute atomic E-state index is 12.1. The van der Waals surface area contributed by atoms with Gasteiger partial charge in [-0.05, 0) is 70.4 Å². The summed E-state index contributed by atoms with van der Waals surface area (Å²) in [6.45, 7) is 13.4. The predicted molar refractivity (Wildman–Crippen MR) is 130 cm³/mol. The van der Waals surface area contributed by atoms with E-state index in [0.717, 1.165) is 43.3 Å². The van der Waals surface area contributed by atoms with E-state index >= 15 is 0 Å². The number of methoxy groups -OCH3 is 1. The topological polar surface area (TPSA) is 82.8 Å². The van der Waals surface area contributed by atoms with Gasteiger partial charge < -0.3 is 23.9 Å². The van der Waals surface area contributed by atoms with Crippen LogP contribution in [0.3, 0.4) is 0 Å². The number of benzene rings is 1. The largest absolute Gasteiger partial charge is 0.477 e. The van der Waals surface area contributed by atoms with Gasteiger partial charge in [-0.2, -0.15) is 0 Å². The van der Waals surface area contributed by atoms with Gasteiger partial charge in [-0.1, -0.05) is 32.4 Å². The van der Waals surface area contributed by atoms with Crippen molar-refractivity contribution in [1.82, 2.24) is 9.55 Å². The molecule has 0 spiro atoms. The van der Waals surface area contributed by atoms with Crippen molar-refractivity contribution in [3.8, 4) is 5.88 Å². The molecule has 3 unspecified atom stereocenters. The predicted octanol–water partition coefficient (Wildman–Crippen LogP) is 4.63. The van der Waals surface area contributed by atoms with Crippen LogP contribution in [0, 0.1) is 5.92 Å². The number of aryl methyl sites for hydroxylation is 1. The number of aliphatic hydroxyl groups is 1. The lowest BCUT2D eigenvalue weighted by Crippen LogP contribution is -2.31. The van der Waals surface area contributed by atoms with Gasteiger partial charge >= 0.3 is 5.56 Å². The molecule has 184 valence electrons. The minimum atomic E-state index is -0.594. The first-order chi connectivity index (χ1) is 15.5. The average Bonchev–Trinajstić information content (AvgIpc) is 3.10. The molecule has 7 heteroatoms. The molecule has 0 saturated carbocycles. The van der Waals surface area contributed by atoms with Crippen molar-refractivity contribution in [1.29, 1.82) is 0 Å². The van der Waals surface area contributed by atoms with Gasteiger partial charge in [-0.25, -0.2) is 4.98 Å². The molecule has 0 aliphatic carbocycles. The van der Waals surface area contributed by atoms with Gasteiger partial charge in [-0.15, -0.1) is 0 Å². The maximum atomic E-state index is 12.1. The summed E-state index contributed by atoms with van der Waals surface area (Å²) in [7, 11) is 1.48. The Labute approximate surface area is 197 Å². The van der Waals surface area contributed by atoms with Crippen LogP contribution in [0.5, 0.6) is 5.88 Å². The fourth-order valence-corrected chi connectivity index (χ4v) is 4.88. The third-order valence-electron chi connectivity index (χ3n) is 6.87. The standard InChI is InChI=1S/C13H14N2O2.C13H26O3/c1-8-6-7-15-11-9(8)4-3-5-10(11)14-12(17-2)13(15)16;1-6-10(12(2,3)14)7-8-11-9-15-13(4,5)16-11/h3-5,8H,6-7H2,1-2H3;10-11,14H,6-9H2,1-5H3. The zero-order valence-electron chi connectivity index (χ0n) is 21.2. The van der Waals surface area contributed by atoms with E-state index in [0.29, 0.717) is 18.4 Å². The van der Waals surface area contributed by atoms with Crippen LogP contribution in [0.1, 0.15) is 78.7 Å². The van der Waals surface area contributed by atoms with Crippen LogP contribution in [0.15, 0.2) is 23.0 Å². The van der Waals surface area contributed by atoms with E-state index in [1.165, 1.54) is 12.7 Å². The molecular weight excluding hydrogens is 420 g/mol. The minimum Gasteiger partial charge on any atom is -0.477 e. The van der Waals surface area contributed by atoms with Gasteiger partial charge in [0.2, 0.25) is 0 Å². The molecule has 1 aromatic carbocycles. The molecule has 33 heavy (non-hydrogen) atoms. The Morgan fingerprint density at radius 1 is 1.36 bits per heavy atom. The zero-order valence-corrected chi connectivity index (χ0v) is 21.2. The zero-order chi connectivity index (χ0) is 24.4. The molecule has 1 fully saturated rings. The van der Waals surface area contributed by atoms with Gasteiger partial charge in [0.15, 0.2) is 5.79 Å². The van der Waals surface area contributed by atoms with Crippen LogP contribution >= 0.6 is 0 Å². The molecular formula is C26H40N2O5. The lowest BCUT2D eigenvalue weighted by atomic mass is 9.84. The summed E-state index contributed by atoms with van der Waals surface area (Å²) in [6, 6.07) is 5.99. The number of hydrogen-bond acceptors (Lipinski definition) is 6. The Bertz CT molecular complexity index is 1010. The summed E-state index contributed by atoms with van der Waals surface area (Å²) in [4.78, 5) is 16.4. The maximum Gasteiger partial charge on any atom is 0.313 e. The van der Waals surface area contributed by atoms with Gasteiger partial charge in [0, 0.05) is 6.54 Å². The number of para-hydroxylation sites is 1. The SMILES string of the molecule is CCC(CCC1COC(C)(C)O1)C(C)(C)O.COc1nc2cccc3c2n(c1=O)CCC3C. The van der Waals surface area contributed by atoms with Crippen LogP contribution in [-0.4, -0.2) is 45.9 Å². The van der Waals surface area contributed by atoms with E-state index in [1.807, 2.05) is 39.8 Å². The smallest absolute Gasteiger partial charge is 0.313 e. The third kappa shape index (κ3) is 5.94. The van der Waals surface area contributed by atoms with Gasteiger partial charge in [0.25, 0.3) is 5.88 Å². The van der Waals surface area contributed by atoms with E-state index in [2.05, 4.69) is 24.9 Å². The Balaban J connectivity index is 0.000000186. The fourth-order valence-electron chi connectivity index (χ4n) is 4.88. The van der Waals surface area contributed by atoms with Crippen LogP contribution < -0.4 is 10.3 Å². The first-order valence-corrected chi connectivity index (χ1v) is 12.1. The Hall–Kier alpha value is -1.96. The Kier molecular flexibility index (Phi) is 7.87. The molecule has 7 nitrogen and oxygen atoms in total. The van der Waals surface area contributed by atoms with Crippen molar-refractivity contribution in [2.45, 2.75) is 97.2 Å². The van der Waals surface area contributed by atoms with Crippen molar-refractivity contribution in [2.24, 2.45) is 5.92 Å². The molecule has 0 bridgehead atoms. The average molecular weight is 461 g/mol. The fraction of sp³-hybridized carbons (Fsp3) is 0.692. The van der Waals surface area contributed by atoms with E-state index in [-0.39, 0.29) is 17.5 Å². The van der Waals surface area contributed by atoms with E-state index in [9.17, 15) is 9.90 Å². The summed E-state index contributed by atoms with van der Waals surface area (Å²) in [5.74, 6) is 0.568. The van der Waals surface area contributed by atoms with Crippen LogP contribution in [0.25, 0.3) is 11.0 Å². The summed E-state index contributed by atoms with van der Waals surface area (Å²) in [6.07, 6.45) is 4.13. The Morgan fingerprint density at radius 3 is 2.67 bits per heavy atom. The van der Waals surface area contributed by atoms with Crippen molar-refractivity contribution >= 4 is 11.0 Å². The second-order valence-corrected chi connectivity index (χ2v) is 10.3. The normalized spacial score (nSPS) is 22.5. The van der Waals surface area contributed by atoms with Crippen molar-refractivity contribution in [2.75, 3.05) is 13.7 Å². The quantitative estimate of drug-likeness (QED) is 0.677. The summed E-state index contributed by atoms with van der Waals surface area (Å²) in [5.41, 5.74) is 2.30. The number of rotatable bonds is 6. The van der Waals surface area contributed by atoms with Crippen molar-refractivity contribution in [3.63, 3.8) is 0 Å². The lowest BCUT2D eigenvalue weighted by Gasteiger charge is -2.29. The molecule has 2 aromatic rings. The van der Waals surface area contributed by atoms with Gasteiger partial charge in [0.05, 0.1) is 36.5 Å². The summed E-state index contributed by atoms with van der Waals surface area (Å²) in [5, 5.41) is 9.98. The van der Waals surface area contributed by atoms with E-state index < -0.39 is 11.4 Å². The third-order valence-corrected chi connectivity index (χ3v) is 6.87. The van der Waals surface area contributed by atoms with Crippen molar-refractivity contribution in [3.05, 3.63) is 34.1 Å². The van der Waals surface area contributed by atoms with Crippen LogP contribution in [0.4, 0.5) is 0 Å². The van der Waals surface area contributed by atoms with Crippen LogP contribution in [0.2, 0.25) is 0 Å². The molecule has 2 aliphatic rings. The second-order valence-electron chi connectivity index (χ2n) is 10.3. The number of nitrogens with zero attached hydrogens (tertiary/aromatic N) is 2. The highest BCUT2D eigenvalue weighted by atomic mass is 16.7. The second kappa shape index (κ2) is 10.1. The van der Waals surface area contributed by atoms with E-state index in [4.69, 9.17) is 14.2 Å². The molecule has 0 amide bonds. The molecule has 4 rings (SSSR count). The first kappa shape index (κ1) is 25.7. The number of hydrogen-bond donors (Lipinski definition) is 1.